The van der Waals surface area contributed by atoms with E-state index in [4.69, 9.17) is 5.11 Å². The zero-order valence-electron chi connectivity index (χ0n) is 12.6. The van der Waals surface area contributed by atoms with E-state index in [0.29, 0.717) is 10.2 Å². The fraction of sp³-hybridized carbons (Fsp3) is 0.267. The molecular formula is C15H14F3N3O3. The van der Waals surface area contributed by atoms with Crippen LogP contribution in [0, 0.1) is 0 Å². The normalized spacial score (nSPS) is 11.3. The molecule has 6 nitrogen and oxygen atoms in total. The number of halogens is 3. The third-order valence-electron chi connectivity index (χ3n) is 3.28. The van der Waals surface area contributed by atoms with Crippen molar-refractivity contribution < 1.29 is 27.9 Å². The number of nitrogens with one attached hydrogen (secondary N) is 1. The lowest BCUT2D eigenvalue weighted by Crippen LogP contribution is -2.26. The maximum atomic E-state index is 13.1. The van der Waals surface area contributed by atoms with Crippen molar-refractivity contribution in [2.75, 3.05) is 0 Å². The van der Waals surface area contributed by atoms with Gasteiger partial charge in [0.05, 0.1) is 17.3 Å². The summed E-state index contributed by atoms with van der Waals surface area (Å²) >= 11 is 0. The maximum Gasteiger partial charge on any atom is 0.433 e. The van der Waals surface area contributed by atoms with Gasteiger partial charge in [-0.2, -0.15) is 18.3 Å². The molecule has 9 heteroatoms. The van der Waals surface area contributed by atoms with Crippen molar-refractivity contribution in [1.82, 2.24) is 15.1 Å². The van der Waals surface area contributed by atoms with Gasteiger partial charge in [0, 0.05) is 13.1 Å². The molecule has 0 radical (unpaired) electrons. The van der Waals surface area contributed by atoms with Crippen LogP contribution in [0.2, 0.25) is 0 Å². The lowest BCUT2D eigenvalue weighted by molar-refractivity contribution is -0.144. The van der Waals surface area contributed by atoms with Crippen molar-refractivity contribution >= 4 is 11.9 Å². The molecule has 0 atom stereocenters. The van der Waals surface area contributed by atoms with Gasteiger partial charge in [-0.15, -0.1) is 0 Å². The summed E-state index contributed by atoms with van der Waals surface area (Å²) in [6.07, 6.45) is -3.84. The van der Waals surface area contributed by atoms with E-state index in [-0.39, 0.29) is 18.7 Å². The quantitative estimate of drug-likeness (QED) is 0.875. The highest BCUT2D eigenvalue weighted by Crippen LogP contribution is 2.32. The van der Waals surface area contributed by atoms with Crippen LogP contribution in [0.4, 0.5) is 13.2 Å². The summed E-state index contributed by atoms with van der Waals surface area (Å²) in [6.45, 7) is 1.36. The number of aromatic carboxylic acids is 1. The molecule has 0 saturated heterocycles. The Morgan fingerprint density at radius 1 is 1.33 bits per heavy atom. The Hall–Kier alpha value is -2.84. The Bertz CT molecular complexity index is 769. The number of carbonyl (C=O) groups excluding carboxylic acids is 1. The fourth-order valence-corrected chi connectivity index (χ4v) is 2.18. The first kappa shape index (κ1) is 17.5. The maximum absolute atomic E-state index is 13.1. The molecule has 0 unspecified atom stereocenters. The summed E-state index contributed by atoms with van der Waals surface area (Å²) in [4.78, 5) is 22.9. The minimum absolute atomic E-state index is 0.0246. The molecule has 0 aliphatic rings. The van der Waals surface area contributed by atoms with Gasteiger partial charge in [0.2, 0.25) is 0 Å². The van der Waals surface area contributed by atoms with E-state index in [9.17, 15) is 22.8 Å². The Labute approximate surface area is 134 Å². The molecule has 0 spiro atoms. The number of aromatic nitrogens is 2. The van der Waals surface area contributed by atoms with Gasteiger partial charge in [0.25, 0.3) is 5.91 Å². The number of amides is 1. The van der Waals surface area contributed by atoms with Crippen molar-refractivity contribution in [2.45, 2.75) is 26.2 Å². The van der Waals surface area contributed by atoms with Crippen LogP contribution in [-0.4, -0.2) is 26.8 Å². The molecule has 0 aliphatic heterocycles. The fourth-order valence-electron chi connectivity index (χ4n) is 2.18. The zero-order valence-corrected chi connectivity index (χ0v) is 12.6. The van der Waals surface area contributed by atoms with E-state index in [1.807, 2.05) is 0 Å². The number of carboxylic acid groups (broad SMARTS) is 1. The molecule has 1 heterocycles. The molecule has 128 valence electrons. The predicted molar refractivity (Wildman–Crippen MR) is 77.5 cm³/mol. The van der Waals surface area contributed by atoms with Crippen LogP contribution < -0.4 is 5.32 Å². The number of alkyl halides is 3. The molecule has 2 N–H and O–H groups in total. The number of rotatable bonds is 5. The van der Waals surface area contributed by atoms with Crippen LogP contribution in [0.3, 0.4) is 0 Å². The number of carboxylic acids is 1. The lowest BCUT2D eigenvalue weighted by atomic mass is 10.1. The van der Waals surface area contributed by atoms with E-state index >= 15 is 0 Å². The SMILES string of the molecule is CCn1ncc(C(=O)NCc2cccc(C(=O)O)c2)c1C(F)(F)F. The van der Waals surface area contributed by atoms with E-state index in [1.165, 1.54) is 25.1 Å². The van der Waals surface area contributed by atoms with Crippen LogP contribution in [0.1, 0.15) is 38.9 Å². The topological polar surface area (TPSA) is 84.2 Å². The summed E-state index contributed by atoms with van der Waals surface area (Å²) < 4.78 is 40.0. The molecular weight excluding hydrogens is 327 g/mol. The first-order chi connectivity index (χ1) is 11.2. The van der Waals surface area contributed by atoms with E-state index in [2.05, 4.69) is 10.4 Å². The van der Waals surface area contributed by atoms with E-state index in [1.54, 1.807) is 6.07 Å². The van der Waals surface area contributed by atoms with Gasteiger partial charge in [0.15, 0.2) is 5.69 Å². The standard InChI is InChI=1S/C15H14F3N3O3/c1-2-21-12(15(16,17)18)11(8-20-21)13(22)19-7-9-4-3-5-10(6-9)14(23)24/h3-6,8H,2,7H2,1H3,(H,19,22)(H,23,24). The average molecular weight is 341 g/mol. The average Bonchev–Trinajstić information content (AvgIpc) is 2.97. The summed E-state index contributed by atoms with van der Waals surface area (Å²) in [6, 6.07) is 5.76. The number of aryl methyl sites for hydroxylation is 1. The van der Waals surface area contributed by atoms with Crippen molar-refractivity contribution in [3.8, 4) is 0 Å². The Morgan fingerprint density at radius 3 is 2.62 bits per heavy atom. The van der Waals surface area contributed by atoms with Crippen LogP contribution in [0.5, 0.6) is 0 Å². The summed E-state index contributed by atoms with van der Waals surface area (Å²) in [5.41, 5.74) is -1.20. The molecule has 24 heavy (non-hydrogen) atoms. The summed E-state index contributed by atoms with van der Waals surface area (Å²) in [5, 5.41) is 14.8. The van der Waals surface area contributed by atoms with Gasteiger partial charge < -0.3 is 10.4 Å². The van der Waals surface area contributed by atoms with Crippen molar-refractivity contribution in [2.24, 2.45) is 0 Å². The van der Waals surface area contributed by atoms with E-state index in [0.717, 1.165) is 6.20 Å². The van der Waals surface area contributed by atoms with E-state index < -0.39 is 29.3 Å². The second-order valence-corrected chi connectivity index (χ2v) is 4.91. The molecule has 0 aliphatic carbocycles. The second kappa shape index (κ2) is 6.73. The minimum atomic E-state index is -4.71. The monoisotopic (exact) mass is 341 g/mol. The molecule has 0 saturated carbocycles. The number of hydrogen-bond acceptors (Lipinski definition) is 3. The molecule has 2 rings (SSSR count). The van der Waals surface area contributed by atoms with Gasteiger partial charge in [0.1, 0.15) is 0 Å². The molecule has 1 amide bonds. The molecule has 1 aromatic heterocycles. The number of carbonyl (C=O) groups is 2. The van der Waals surface area contributed by atoms with Gasteiger partial charge in [-0.25, -0.2) is 4.79 Å². The summed E-state index contributed by atoms with van der Waals surface area (Å²) in [7, 11) is 0. The largest absolute Gasteiger partial charge is 0.478 e. The number of hydrogen-bond donors (Lipinski definition) is 2. The summed E-state index contributed by atoms with van der Waals surface area (Å²) in [5.74, 6) is -2.06. The van der Waals surface area contributed by atoms with Gasteiger partial charge in [-0.1, -0.05) is 12.1 Å². The molecule has 0 fully saturated rings. The Balaban J connectivity index is 2.18. The lowest BCUT2D eigenvalue weighted by Gasteiger charge is -2.11. The first-order valence-corrected chi connectivity index (χ1v) is 6.97. The smallest absolute Gasteiger partial charge is 0.433 e. The number of benzene rings is 1. The van der Waals surface area contributed by atoms with Crippen molar-refractivity contribution in [3.63, 3.8) is 0 Å². The predicted octanol–water partition coefficient (Wildman–Crippen LogP) is 2.55. The molecule has 2 aromatic rings. The van der Waals surface area contributed by atoms with Crippen molar-refractivity contribution in [3.05, 3.63) is 52.8 Å². The van der Waals surface area contributed by atoms with Crippen LogP contribution >= 0.6 is 0 Å². The van der Waals surface area contributed by atoms with Gasteiger partial charge in [-0.3, -0.25) is 9.48 Å². The van der Waals surface area contributed by atoms with Gasteiger partial charge in [-0.05, 0) is 24.6 Å². The third kappa shape index (κ3) is 3.73. The van der Waals surface area contributed by atoms with Crippen LogP contribution in [0.15, 0.2) is 30.5 Å². The minimum Gasteiger partial charge on any atom is -0.478 e. The molecule has 0 bridgehead atoms. The Kier molecular flexibility index (Phi) is 4.91. The van der Waals surface area contributed by atoms with Crippen LogP contribution in [-0.2, 0) is 19.3 Å². The highest BCUT2D eigenvalue weighted by atomic mass is 19.4. The van der Waals surface area contributed by atoms with Gasteiger partial charge >= 0.3 is 12.1 Å². The third-order valence-corrected chi connectivity index (χ3v) is 3.28. The van der Waals surface area contributed by atoms with Crippen LogP contribution in [0.25, 0.3) is 0 Å². The van der Waals surface area contributed by atoms with Crippen molar-refractivity contribution in [1.29, 1.82) is 0 Å². The second-order valence-electron chi connectivity index (χ2n) is 4.91. The number of nitrogens with zero attached hydrogens (tertiary/aromatic N) is 2. The first-order valence-electron chi connectivity index (χ1n) is 6.97. The molecule has 1 aromatic carbocycles. The Morgan fingerprint density at radius 2 is 2.04 bits per heavy atom. The highest BCUT2D eigenvalue weighted by molar-refractivity contribution is 5.95. The highest BCUT2D eigenvalue weighted by Gasteiger charge is 2.39. The zero-order chi connectivity index (χ0) is 17.9.